The van der Waals surface area contributed by atoms with Crippen molar-refractivity contribution in [1.29, 1.82) is 0 Å². The van der Waals surface area contributed by atoms with Gasteiger partial charge in [-0.05, 0) is 18.6 Å². The number of hydrogen-bond donors (Lipinski definition) is 1. The van der Waals surface area contributed by atoms with E-state index in [0.29, 0.717) is 28.1 Å². The van der Waals surface area contributed by atoms with Gasteiger partial charge in [0.2, 0.25) is 0 Å². The predicted octanol–water partition coefficient (Wildman–Crippen LogP) is 3.56. The van der Waals surface area contributed by atoms with E-state index in [1.54, 1.807) is 24.6 Å². The standard InChI is InChI=1S/C12H12Cl2N4O2/c1-7-3-9(18(19)20)6-16-12(7)15-5-8-4-10(13)11(14)17(8)2/h3-4,6H,5H2,1-2H3,(H,15,16). The summed E-state index contributed by atoms with van der Waals surface area (Å²) in [5.74, 6) is 0.587. The normalized spacial score (nSPS) is 10.6. The van der Waals surface area contributed by atoms with Gasteiger partial charge < -0.3 is 9.88 Å². The van der Waals surface area contributed by atoms with E-state index in [9.17, 15) is 10.1 Å². The number of aromatic nitrogens is 2. The molecule has 2 aromatic heterocycles. The van der Waals surface area contributed by atoms with Gasteiger partial charge in [0.1, 0.15) is 17.2 Å². The molecular weight excluding hydrogens is 303 g/mol. The van der Waals surface area contributed by atoms with E-state index in [0.717, 1.165) is 5.69 Å². The van der Waals surface area contributed by atoms with Crippen molar-refractivity contribution in [1.82, 2.24) is 9.55 Å². The summed E-state index contributed by atoms with van der Waals surface area (Å²) in [7, 11) is 1.81. The lowest BCUT2D eigenvalue weighted by Gasteiger charge is -2.09. The Hall–Kier alpha value is -1.79. The summed E-state index contributed by atoms with van der Waals surface area (Å²) in [4.78, 5) is 14.2. The zero-order valence-electron chi connectivity index (χ0n) is 10.9. The van der Waals surface area contributed by atoms with Crippen LogP contribution in [0.1, 0.15) is 11.3 Å². The fourth-order valence-electron chi connectivity index (χ4n) is 1.78. The molecule has 0 aromatic carbocycles. The minimum absolute atomic E-state index is 0.0296. The Morgan fingerprint density at radius 2 is 2.15 bits per heavy atom. The summed E-state index contributed by atoms with van der Waals surface area (Å²) in [6, 6.07) is 3.23. The van der Waals surface area contributed by atoms with Crippen LogP contribution < -0.4 is 5.32 Å². The van der Waals surface area contributed by atoms with Crippen LogP contribution in [0.2, 0.25) is 10.2 Å². The third kappa shape index (κ3) is 2.86. The van der Waals surface area contributed by atoms with Crippen molar-refractivity contribution < 1.29 is 4.92 Å². The van der Waals surface area contributed by atoms with Crippen molar-refractivity contribution >= 4 is 34.7 Å². The molecule has 0 aliphatic carbocycles. The van der Waals surface area contributed by atoms with Gasteiger partial charge >= 0.3 is 0 Å². The van der Waals surface area contributed by atoms with Crippen molar-refractivity contribution in [2.45, 2.75) is 13.5 Å². The van der Waals surface area contributed by atoms with Gasteiger partial charge in [-0.2, -0.15) is 0 Å². The number of halogens is 2. The van der Waals surface area contributed by atoms with Gasteiger partial charge in [-0.1, -0.05) is 23.2 Å². The molecule has 0 spiro atoms. The second-order valence-corrected chi connectivity index (χ2v) is 5.07. The van der Waals surface area contributed by atoms with Crippen LogP contribution in [-0.4, -0.2) is 14.5 Å². The largest absolute Gasteiger partial charge is 0.364 e. The molecule has 20 heavy (non-hydrogen) atoms. The van der Waals surface area contributed by atoms with E-state index < -0.39 is 4.92 Å². The molecule has 1 N–H and O–H groups in total. The van der Waals surface area contributed by atoms with Crippen LogP contribution in [0, 0.1) is 17.0 Å². The van der Waals surface area contributed by atoms with E-state index >= 15 is 0 Å². The summed E-state index contributed by atoms with van der Waals surface area (Å²) < 4.78 is 1.76. The highest BCUT2D eigenvalue weighted by atomic mass is 35.5. The predicted molar refractivity (Wildman–Crippen MR) is 78.4 cm³/mol. The molecule has 0 aliphatic heterocycles. The molecule has 6 nitrogen and oxygen atoms in total. The van der Waals surface area contributed by atoms with Crippen LogP contribution in [0.3, 0.4) is 0 Å². The van der Waals surface area contributed by atoms with Gasteiger partial charge in [-0.25, -0.2) is 4.98 Å². The first-order valence-corrected chi connectivity index (χ1v) is 6.50. The molecule has 0 saturated heterocycles. The van der Waals surface area contributed by atoms with E-state index in [4.69, 9.17) is 23.2 Å². The average molecular weight is 315 g/mol. The molecule has 106 valence electrons. The van der Waals surface area contributed by atoms with Crippen LogP contribution in [-0.2, 0) is 13.6 Å². The number of anilines is 1. The van der Waals surface area contributed by atoms with Gasteiger partial charge in [0.25, 0.3) is 5.69 Å². The molecule has 2 rings (SSSR count). The van der Waals surface area contributed by atoms with Crippen molar-refractivity contribution in [3.05, 3.63) is 49.9 Å². The average Bonchev–Trinajstić information content (AvgIpc) is 2.64. The minimum Gasteiger partial charge on any atom is -0.364 e. The quantitative estimate of drug-likeness (QED) is 0.691. The molecule has 0 fully saturated rings. The number of hydrogen-bond acceptors (Lipinski definition) is 4. The molecule has 0 atom stereocenters. The molecule has 0 amide bonds. The van der Waals surface area contributed by atoms with E-state index in [1.807, 2.05) is 0 Å². The van der Waals surface area contributed by atoms with Crippen molar-refractivity contribution in [3.8, 4) is 0 Å². The molecule has 2 heterocycles. The molecule has 0 aliphatic rings. The number of nitro groups is 1. The Morgan fingerprint density at radius 3 is 2.65 bits per heavy atom. The summed E-state index contributed by atoms with van der Waals surface area (Å²) in [5.41, 5.74) is 1.56. The van der Waals surface area contributed by atoms with Crippen molar-refractivity contribution in [2.24, 2.45) is 7.05 Å². The van der Waals surface area contributed by atoms with Gasteiger partial charge in [0.15, 0.2) is 0 Å². The monoisotopic (exact) mass is 314 g/mol. The maximum atomic E-state index is 10.6. The molecule has 8 heteroatoms. The van der Waals surface area contributed by atoms with Crippen LogP contribution in [0.4, 0.5) is 11.5 Å². The summed E-state index contributed by atoms with van der Waals surface area (Å²) >= 11 is 11.9. The Balaban J connectivity index is 2.15. The molecule has 0 saturated carbocycles. The SMILES string of the molecule is Cc1cc([N+](=O)[O-])cnc1NCc1cc(Cl)c(Cl)n1C. The first-order chi connectivity index (χ1) is 9.40. The van der Waals surface area contributed by atoms with Gasteiger partial charge in [-0.3, -0.25) is 10.1 Å². The van der Waals surface area contributed by atoms with E-state index in [2.05, 4.69) is 10.3 Å². The zero-order chi connectivity index (χ0) is 14.9. The number of pyridine rings is 1. The minimum atomic E-state index is -0.472. The highest BCUT2D eigenvalue weighted by Crippen LogP contribution is 2.26. The van der Waals surface area contributed by atoms with Gasteiger partial charge in [0.05, 0.1) is 16.5 Å². The topological polar surface area (TPSA) is 73.0 Å². The number of nitrogens with zero attached hydrogens (tertiary/aromatic N) is 3. The van der Waals surface area contributed by atoms with Crippen LogP contribution in [0.15, 0.2) is 18.3 Å². The Kier molecular flexibility index (Phi) is 4.15. The molecule has 0 radical (unpaired) electrons. The van der Waals surface area contributed by atoms with Crippen LogP contribution in [0.25, 0.3) is 0 Å². The molecule has 2 aromatic rings. The number of nitrogens with one attached hydrogen (secondary N) is 1. The van der Waals surface area contributed by atoms with Crippen LogP contribution >= 0.6 is 23.2 Å². The molecule has 0 bridgehead atoms. The molecule has 0 unspecified atom stereocenters. The van der Waals surface area contributed by atoms with Crippen LogP contribution in [0.5, 0.6) is 0 Å². The second kappa shape index (κ2) is 5.68. The molecular formula is C12H12Cl2N4O2. The smallest absolute Gasteiger partial charge is 0.287 e. The van der Waals surface area contributed by atoms with Crippen molar-refractivity contribution in [2.75, 3.05) is 5.32 Å². The lowest BCUT2D eigenvalue weighted by atomic mass is 10.2. The first kappa shape index (κ1) is 14.6. The number of rotatable bonds is 4. The Bertz CT molecular complexity index is 670. The fourth-order valence-corrected chi connectivity index (χ4v) is 2.19. The summed E-state index contributed by atoms with van der Waals surface area (Å²) in [6.45, 7) is 2.22. The van der Waals surface area contributed by atoms with Crippen molar-refractivity contribution in [3.63, 3.8) is 0 Å². The number of aryl methyl sites for hydroxylation is 1. The Morgan fingerprint density at radius 1 is 1.45 bits per heavy atom. The lowest BCUT2D eigenvalue weighted by Crippen LogP contribution is -2.07. The first-order valence-electron chi connectivity index (χ1n) is 5.74. The van der Waals surface area contributed by atoms with Gasteiger partial charge in [0, 0.05) is 18.8 Å². The summed E-state index contributed by atoms with van der Waals surface area (Å²) in [6.07, 6.45) is 1.22. The second-order valence-electron chi connectivity index (χ2n) is 4.30. The fraction of sp³-hybridized carbons (Fsp3) is 0.250. The highest BCUT2D eigenvalue weighted by Gasteiger charge is 2.11. The third-order valence-corrected chi connectivity index (χ3v) is 3.77. The zero-order valence-corrected chi connectivity index (χ0v) is 12.4. The van der Waals surface area contributed by atoms with E-state index in [1.165, 1.54) is 12.3 Å². The Labute approximate surface area is 125 Å². The highest BCUT2D eigenvalue weighted by molar-refractivity contribution is 6.41. The van der Waals surface area contributed by atoms with Gasteiger partial charge in [-0.15, -0.1) is 0 Å². The van der Waals surface area contributed by atoms with E-state index in [-0.39, 0.29) is 5.69 Å². The lowest BCUT2D eigenvalue weighted by molar-refractivity contribution is -0.385. The third-order valence-electron chi connectivity index (χ3n) is 2.93. The maximum Gasteiger partial charge on any atom is 0.287 e. The summed E-state index contributed by atoms with van der Waals surface area (Å²) in [5, 5.41) is 14.7. The maximum absolute atomic E-state index is 10.6.